The van der Waals surface area contributed by atoms with Crippen LogP contribution in [0.2, 0.25) is 0 Å². The first-order valence-electron chi connectivity index (χ1n) is 15.2. The van der Waals surface area contributed by atoms with Gasteiger partial charge in [0.1, 0.15) is 36.8 Å². The maximum atomic E-state index is 14.3. The predicted molar refractivity (Wildman–Crippen MR) is 169 cm³/mol. The molecule has 15 nitrogen and oxygen atoms in total. The Morgan fingerprint density at radius 1 is 1.00 bits per heavy atom. The molecule has 2 aliphatic heterocycles. The molecule has 2 fully saturated rings. The Kier molecular flexibility index (Phi) is 13.5. The number of phosphoric acid groups is 1. The molecule has 1 aromatic heterocycles. The number of urea groups is 1. The number of hydrogen-bond donors (Lipinski definition) is 1. The molecular weight excluding hydrogens is 685 g/mol. The first-order valence-corrected chi connectivity index (χ1v) is 16.6. The molecule has 1 N–H and O–H groups in total. The number of nitrogens with one attached hydrogen (secondary N) is 1. The van der Waals surface area contributed by atoms with Crippen LogP contribution in [0.3, 0.4) is 0 Å². The molecule has 250 valence electrons. The molecule has 0 bridgehead atoms. The molecule has 0 radical (unpaired) electrons. The van der Waals surface area contributed by atoms with Gasteiger partial charge >= 0.3 is 65.1 Å². The zero-order valence-electron chi connectivity index (χ0n) is 28.0. The normalized spacial score (nSPS) is 17.9. The third kappa shape index (κ3) is 9.22. The zero-order chi connectivity index (χ0) is 34.0. The molecule has 3 heterocycles. The van der Waals surface area contributed by atoms with Crippen molar-refractivity contribution in [1.29, 1.82) is 0 Å². The number of phosphoric ester groups is 1. The van der Waals surface area contributed by atoms with Gasteiger partial charge in [-0.15, -0.1) is 6.58 Å². The molecule has 2 aliphatic rings. The summed E-state index contributed by atoms with van der Waals surface area (Å²) in [4.78, 5) is 68.7. The van der Waals surface area contributed by atoms with E-state index in [9.17, 15) is 28.7 Å². The zero-order valence-corrected chi connectivity index (χ0v) is 32.9. The van der Waals surface area contributed by atoms with E-state index >= 15 is 0 Å². The summed E-state index contributed by atoms with van der Waals surface area (Å²) in [5, 5.41) is 14.8. The first-order chi connectivity index (χ1) is 23.0. The fourth-order valence-electron chi connectivity index (χ4n) is 6.12. The van der Waals surface area contributed by atoms with Crippen LogP contribution in [0.4, 0.5) is 4.79 Å². The van der Waals surface area contributed by atoms with Crippen LogP contribution < -0.4 is 78.7 Å². The van der Waals surface area contributed by atoms with Crippen molar-refractivity contribution in [2.24, 2.45) is 7.05 Å². The topological polar surface area (TPSA) is 179 Å². The van der Waals surface area contributed by atoms with Gasteiger partial charge in [-0.2, -0.15) is 15.0 Å². The molecule has 4 aromatic rings. The molecule has 0 unspecified atom stereocenters. The summed E-state index contributed by atoms with van der Waals surface area (Å²) in [7, 11) is -3.54. The van der Waals surface area contributed by atoms with Gasteiger partial charge in [0.15, 0.2) is 0 Å². The first kappa shape index (κ1) is 39.7. The van der Waals surface area contributed by atoms with Crippen LogP contribution in [-0.2, 0) is 40.7 Å². The Hall–Kier alpha value is -3.08. The van der Waals surface area contributed by atoms with E-state index in [0.717, 1.165) is 11.1 Å². The SMILES string of the molecule is C=CCN1CC(=O)N2[C@@H](Cc3ccc(OP(=O)([O-])[O-])cc3)C(=O)N(Cc3ccc4nn(C)nc4c3)C[C@@H]2N1C(=O)NCc1ccccc1.[Na+].[Na+]. The minimum atomic E-state index is -5.26. The number of carbonyl (C=O) groups is 3. The van der Waals surface area contributed by atoms with Crippen molar-refractivity contribution in [2.75, 3.05) is 19.6 Å². The van der Waals surface area contributed by atoms with Gasteiger partial charge in [0.05, 0.1) is 13.1 Å². The number of rotatable bonds is 10. The monoisotopic (exact) mass is 718 g/mol. The average molecular weight is 719 g/mol. The third-order valence-electron chi connectivity index (χ3n) is 8.15. The van der Waals surface area contributed by atoms with Gasteiger partial charge in [0.2, 0.25) is 11.8 Å². The van der Waals surface area contributed by atoms with Crippen LogP contribution in [0.1, 0.15) is 16.7 Å². The maximum absolute atomic E-state index is 14.3. The number of aromatic nitrogens is 3. The number of fused-ring (bicyclic) bond motifs is 2. The average Bonchev–Trinajstić information content (AvgIpc) is 3.42. The number of hydrazine groups is 1. The molecule has 18 heteroatoms. The Labute approximate surface area is 333 Å². The minimum Gasteiger partial charge on any atom is -0.780 e. The van der Waals surface area contributed by atoms with Crippen molar-refractivity contribution in [3.8, 4) is 5.75 Å². The molecule has 2 atom stereocenters. The number of nitrogens with zero attached hydrogens (tertiary/aromatic N) is 7. The van der Waals surface area contributed by atoms with E-state index in [1.807, 2.05) is 48.5 Å². The smallest absolute Gasteiger partial charge is 0.780 e. The molecule has 2 saturated heterocycles. The maximum Gasteiger partial charge on any atom is 1.00 e. The Morgan fingerprint density at radius 3 is 2.36 bits per heavy atom. The van der Waals surface area contributed by atoms with Crippen LogP contribution >= 0.6 is 7.82 Å². The number of aryl methyl sites for hydroxylation is 1. The number of piperazine rings is 1. The Balaban J connectivity index is 0.00000281. The second kappa shape index (κ2) is 17.0. The van der Waals surface area contributed by atoms with E-state index < -0.39 is 26.1 Å². The van der Waals surface area contributed by atoms with Gasteiger partial charge in [-0.25, -0.2) is 14.8 Å². The Bertz CT molecular complexity index is 1890. The summed E-state index contributed by atoms with van der Waals surface area (Å²) in [6.07, 6.45) is 0.791. The molecule has 4 amide bonds. The number of amides is 4. The second-order valence-electron chi connectivity index (χ2n) is 11.5. The Morgan fingerprint density at radius 2 is 1.68 bits per heavy atom. The number of carbonyl (C=O) groups excluding carboxylic acids is 3. The van der Waals surface area contributed by atoms with Crippen LogP contribution in [0.25, 0.3) is 11.0 Å². The third-order valence-corrected chi connectivity index (χ3v) is 8.59. The fourth-order valence-corrected chi connectivity index (χ4v) is 6.50. The summed E-state index contributed by atoms with van der Waals surface area (Å²) < 4.78 is 15.5. The van der Waals surface area contributed by atoms with E-state index in [2.05, 4.69) is 26.6 Å². The van der Waals surface area contributed by atoms with Gasteiger partial charge in [0, 0.05) is 33.1 Å². The van der Waals surface area contributed by atoms with E-state index in [1.54, 1.807) is 23.0 Å². The molecule has 0 saturated carbocycles. The van der Waals surface area contributed by atoms with Gasteiger partial charge in [-0.1, -0.05) is 54.6 Å². The van der Waals surface area contributed by atoms with Gasteiger partial charge < -0.3 is 34.0 Å². The van der Waals surface area contributed by atoms with E-state index in [-0.39, 0.29) is 116 Å². The predicted octanol–water partition coefficient (Wildman–Crippen LogP) is -5.08. The van der Waals surface area contributed by atoms with Crippen molar-refractivity contribution < 1.29 is 92.4 Å². The standard InChI is InChI=1S/C32H35N8O7P.2Na/c1-3-15-38-21-30(41)39-28(17-22-9-12-25(13-10-22)47-48(44,45)46)31(42)37(19-24-11-14-26-27(16-24)35-36(2)34-26)20-29(39)40(38)32(43)33-18-23-7-5-4-6-8-23;;/h3-14,16,28-29H,1,15,17-21H2,2H3,(H,33,43)(H2,44,45,46);;/q;2*+1/p-2/t28-,29-;;/m0../s1. The minimum absolute atomic E-state index is 0. The van der Waals surface area contributed by atoms with Crippen LogP contribution in [0.15, 0.2) is 85.5 Å². The molecule has 0 aliphatic carbocycles. The van der Waals surface area contributed by atoms with Gasteiger partial charge in [-0.3, -0.25) is 9.59 Å². The summed E-state index contributed by atoms with van der Waals surface area (Å²) in [6, 6.07) is 19.1. The molecule has 50 heavy (non-hydrogen) atoms. The summed E-state index contributed by atoms with van der Waals surface area (Å²) >= 11 is 0. The molecule has 3 aromatic carbocycles. The van der Waals surface area contributed by atoms with Gasteiger partial charge in [-0.05, 0) is 41.0 Å². The van der Waals surface area contributed by atoms with E-state index in [0.29, 0.717) is 16.6 Å². The van der Waals surface area contributed by atoms with E-state index in [1.165, 1.54) is 39.0 Å². The van der Waals surface area contributed by atoms with Crippen molar-refractivity contribution >= 4 is 36.7 Å². The summed E-state index contributed by atoms with van der Waals surface area (Å²) in [5.74, 6) is -0.840. The second-order valence-corrected chi connectivity index (χ2v) is 12.6. The molecule has 0 spiro atoms. The molecular formula is C32H33N8Na2O7P. The summed E-state index contributed by atoms with van der Waals surface area (Å²) in [5.41, 5.74) is 3.62. The van der Waals surface area contributed by atoms with Gasteiger partial charge in [0.25, 0.3) is 0 Å². The quantitative estimate of drug-likeness (QED) is 0.0948. The van der Waals surface area contributed by atoms with Crippen molar-refractivity contribution in [1.82, 2.24) is 40.1 Å². The van der Waals surface area contributed by atoms with Crippen LogP contribution in [0, 0.1) is 0 Å². The summed E-state index contributed by atoms with van der Waals surface area (Å²) in [6.45, 7) is 4.31. The van der Waals surface area contributed by atoms with E-state index in [4.69, 9.17) is 0 Å². The van der Waals surface area contributed by atoms with Crippen molar-refractivity contribution in [2.45, 2.75) is 31.7 Å². The largest absolute Gasteiger partial charge is 1.00 e. The van der Waals surface area contributed by atoms with Crippen molar-refractivity contribution in [3.63, 3.8) is 0 Å². The fraction of sp³-hybridized carbons (Fsp3) is 0.281. The van der Waals surface area contributed by atoms with Crippen molar-refractivity contribution in [3.05, 3.63) is 102 Å². The number of benzene rings is 3. The molecule has 6 rings (SSSR count). The number of hydrogen-bond acceptors (Lipinski definition) is 10. The van der Waals surface area contributed by atoms with Crippen LogP contribution in [0.5, 0.6) is 5.75 Å². The van der Waals surface area contributed by atoms with Crippen LogP contribution in [-0.4, -0.2) is 84.5 Å².